The highest BCUT2D eigenvalue weighted by molar-refractivity contribution is 8.26. The molecule has 1 atom stereocenters. The van der Waals surface area contributed by atoms with Crippen LogP contribution in [-0.2, 0) is 19.4 Å². The number of amides is 2. The van der Waals surface area contributed by atoms with E-state index in [4.69, 9.17) is 12.2 Å². The molecule has 1 aromatic heterocycles. The summed E-state index contributed by atoms with van der Waals surface area (Å²) in [6, 6.07) is 3.46. The van der Waals surface area contributed by atoms with Gasteiger partial charge in [-0.2, -0.15) is 0 Å². The van der Waals surface area contributed by atoms with E-state index in [1.54, 1.807) is 13.1 Å². The van der Waals surface area contributed by atoms with Gasteiger partial charge in [0.2, 0.25) is 5.91 Å². The van der Waals surface area contributed by atoms with Gasteiger partial charge in [-0.3, -0.25) is 14.5 Å². The number of thiocarbonyl (C=S) groups is 1. The second-order valence-corrected chi connectivity index (χ2v) is 10.7. The SMILES string of the molecule is CN(C(=O)CN1C(=O)/C(=C\c2cccs2)SC1=S)[C@@H]1CCS(=O)(=O)C1. The Balaban J connectivity index is 1.67. The van der Waals surface area contributed by atoms with E-state index in [0.717, 1.165) is 4.88 Å². The van der Waals surface area contributed by atoms with E-state index in [1.165, 1.54) is 32.9 Å². The Bertz CT molecular complexity index is 845. The predicted octanol–water partition coefficient (Wildman–Crippen LogP) is 1.59. The fraction of sp³-hybridized carbons (Fsp3) is 0.400. The highest BCUT2D eigenvalue weighted by Gasteiger charge is 2.37. The zero-order valence-electron chi connectivity index (χ0n) is 13.4. The minimum absolute atomic E-state index is 0.0219. The molecule has 10 heteroatoms. The lowest BCUT2D eigenvalue weighted by Crippen LogP contribution is -2.45. The Morgan fingerprint density at radius 2 is 2.28 bits per heavy atom. The number of sulfone groups is 1. The zero-order chi connectivity index (χ0) is 18.2. The third kappa shape index (κ3) is 4.13. The van der Waals surface area contributed by atoms with Gasteiger partial charge in [-0.1, -0.05) is 30.0 Å². The first-order valence-electron chi connectivity index (χ1n) is 7.52. The molecule has 0 N–H and O–H groups in total. The number of rotatable bonds is 4. The molecule has 1 aromatic rings. The van der Waals surface area contributed by atoms with Crippen LogP contribution in [0.3, 0.4) is 0 Å². The average Bonchev–Trinajstić information content (AvgIpc) is 3.24. The molecule has 0 unspecified atom stereocenters. The van der Waals surface area contributed by atoms with Crippen molar-refractivity contribution in [2.24, 2.45) is 0 Å². The van der Waals surface area contributed by atoms with Crippen molar-refractivity contribution in [3.8, 4) is 0 Å². The summed E-state index contributed by atoms with van der Waals surface area (Å²) in [5.74, 6) is -0.522. The Labute approximate surface area is 159 Å². The largest absolute Gasteiger partial charge is 0.340 e. The number of carbonyl (C=O) groups is 2. The number of thiophene rings is 1. The summed E-state index contributed by atoms with van der Waals surface area (Å²) < 4.78 is 23.5. The van der Waals surface area contributed by atoms with Gasteiger partial charge in [-0.25, -0.2) is 8.42 Å². The molecule has 134 valence electrons. The molecule has 0 saturated carbocycles. The molecule has 2 aliphatic rings. The maximum atomic E-state index is 12.5. The van der Waals surface area contributed by atoms with Gasteiger partial charge in [0.25, 0.3) is 5.91 Å². The van der Waals surface area contributed by atoms with E-state index in [1.807, 2.05) is 17.5 Å². The topological polar surface area (TPSA) is 74.8 Å². The van der Waals surface area contributed by atoms with Crippen molar-refractivity contribution < 1.29 is 18.0 Å². The van der Waals surface area contributed by atoms with Crippen LogP contribution < -0.4 is 0 Å². The summed E-state index contributed by atoms with van der Waals surface area (Å²) in [6.45, 7) is -0.167. The van der Waals surface area contributed by atoms with Crippen LogP contribution in [0.1, 0.15) is 11.3 Å². The molecular weight excluding hydrogens is 400 g/mol. The molecular formula is C15H16N2O4S4. The molecule has 2 saturated heterocycles. The fourth-order valence-corrected chi connectivity index (χ4v) is 6.42. The minimum atomic E-state index is -3.07. The maximum absolute atomic E-state index is 12.5. The lowest BCUT2D eigenvalue weighted by molar-refractivity contribution is -0.135. The molecule has 6 nitrogen and oxygen atoms in total. The normalized spacial score (nSPS) is 24.3. The van der Waals surface area contributed by atoms with Crippen LogP contribution >= 0.6 is 35.3 Å². The molecule has 0 aliphatic carbocycles. The quantitative estimate of drug-likeness (QED) is 0.548. The van der Waals surface area contributed by atoms with Crippen molar-refractivity contribution in [2.45, 2.75) is 12.5 Å². The van der Waals surface area contributed by atoms with Gasteiger partial charge >= 0.3 is 0 Å². The van der Waals surface area contributed by atoms with Crippen LogP contribution in [0.2, 0.25) is 0 Å². The van der Waals surface area contributed by atoms with Crippen molar-refractivity contribution in [2.75, 3.05) is 25.1 Å². The molecule has 2 aliphatic heterocycles. The Hall–Kier alpha value is -1.23. The first-order chi connectivity index (χ1) is 11.8. The summed E-state index contributed by atoms with van der Waals surface area (Å²) in [5, 5.41) is 1.92. The summed E-state index contributed by atoms with van der Waals surface area (Å²) in [6.07, 6.45) is 2.20. The number of likely N-dealkylation sites (N-methyl/N-ethyl adjacent to an activating group) is 1. The molecule has 25 heavy (non-hydrogen) atoms. The minimum Gasteiger partial charge on any atom is -0.340 e. The van der Waals surface area contributed by atoms with Crippen molar-refractivity contribution >= 4 is 67.4 Å². The summed E-state index contributed by atoms with van der Waals surface area (Å²) >= 11 is 7.92. The number of hydrogen-bond donors (Lipinski definition) is 0. The molecule has 0 bridgehead atoms. The second-order valence-electron chi connectivity index (χ2n) is 5.84. The summed E-state index contributed by atoms with van der Waals surface area (Å²) in [5.41, 5.74) is 0. The Kier molecular flexibility index (Phi) is 5.33. The van der Waals surface area contributed by atoms with Crippen LogP contribution in [0.25, 0.3) is 6.08 Å². The van der Waals surface area contributed by atoms with E-state index in [9.17, 15) is 18.0 Å². The van der Waals surface area contributed by atoms with Crippen molar-refractivity contribution in [3.63, 3.8) is 0 Å². The van der Waals surface area contributed by atoms with Gasteiger partial charge in [0.15, 0.2) is 9.84 Å². The van der Waals surface area contributed by atoms with E-state index in [2.05, 4.69) is 0 Å². The summed E-state index contributed by atoms with van der Waals surface area (Å²) in [4.78, 5) is 29.1. The van der Waals surface area contributed by atoms with Gasteiger partial charge in [-0.05, 0) is 23.9 Å². The number of thioether (sulfide) groups is 1. The first-order valence-corrected chi connectivity index (χ1v) is 11.4. The maximum Gasteiger partial charge on any atom is 0.266 e. The molecule has 3 rings (SSSR count). The van der Waals surface area contributed by atoms with Gasteiger partial charge in [0, 0.05) is 18.0 Å². The molecule has 2 amide bonds. The van der Waals surface area contributed by atoms with Gasteiger partial charge < -0.3 is 4.90 Å². The van der Waals surface area contributed by atoms with Gasteiger partial charge in [-0.15, -0.1) is 11.3 Å². The van der Waals surface area contributed by atoms with Crippen LogP contribution in [-0.4, -0.2) is 65.5 Å². The number of carbonyl (C=O) groups excluding carboxylic acids is 2. The smallest absolute Gasteiger partial charge is 0.266 e. The first kappa shape index (κ1) is 18.6. The average molecular weight is 417 g/mol. The predicted molar refractivity (Wildman–Crippen MR) is 104 cm³/mol. The lowest BCUT2D eigenvalue weighted by atomic mass is 10.2. The second kappa shape index (κ2) is 7.18. The van der Waals surface area contributed by atoms with Crippen molar-refractivity contribution in [1.82, 2.24) is 9.80 Å². The Morgan fingerprint density at radius 3 is 2.88 bits per heavy atom. The van der Waals surface area contributed by atoms with E-state index in [-0.39, 0.29) is 35.9 Å². The lowest BCUT2D eigenvalue weighted by Gasteiger charge is -2.25. The van der Waals surface area contributed by atoms with Crippen molar-refractivity contribution in [1.29, 1.82) is 0 Å². The fourth-order valence-electron chi connectivity index (χ4n) is 2.67. The highest BCUT2D eigenvalue weighted by Crippen LogP contribution is 2.33. The Morgan fingerprint density at radius 1 is 1.52 bits per heavy atom. The third-order valence-electron chi connectivity index (χ3n) is 4.13. The molecule has 0 radical (unpaired) electrons. The standard InChI is InChI=1S/C15H16N2O4S4/c1-16(10-4-6-25(20,21)9-10)13(18)8-17-14(19)12(24-15(17)22)7-11-3-2-5-23-11/h2-3,5,7,10H,4,6,8-9H2,1H3/b12-7+/t10-/m1/s1. The highest BCUT2D eigenvalue weighted by atomic mass is 32.2. The van der Waals surface area contributed by atoms with Crippen LogP contribution in [0.15, 0.2) is 22.4 Å². The van der Waals surface area contributed by atoms with Crippen LogP contribution in [0, 0.1) is 0 Å². The van der Waals surface area contributed by atoms with E-state index < -0.39 is 9.84 Å². The number of nitrogens with zero attached hydrogens (tertiary/aromatic N) is 2. The number of hydrogen-bond acceptors (Lipinski definition) is 7. The van der Waals surface area contributed by atoms with E-state index >= 15 is 0 Å². The third-order valence-corrected chi connectivity index (χ3v) is 8.08. The molecule has 0 aromatic carbocycles. The molecule has 0 spiro atoms. The van der Waals surface area contributed by atoms with Crippen LogP contribution in [0.4, 0.5) is 0 Å². The van der Waals surface area contributed by atoms with Gasteiger partial charge in [0.05, 0.1) is 16.4 Å². The van der Waals surface area contributed by atoms with Crippen molar-refractivity contribution in [3.05, 3.63) is 27.3 Å². The van der Waals surface area contributed by atoms with Gasteiger partial charge in [0.1, 0.15) is 10.9 Å². The molecule has 2 fully saturated rings. The molecule has 3 heterocycles. The van der Waals surface area contributed by atoms with E-state index in [0.29, 0.717) is 15.6 Å². The summed E-state index contributed by atoms with van der Waals surface area (Å²) in [7, 11) is -1.50. The zero-order valence-corrected chi connectivity index (χ0v) is 16.6. The van der Waals surface area contributed by atoms with Crippen LogP contribution in [0.5, 0.6) is 0 Å². The monoisotopic (exact) mass is 416 g/mol.